The van der Waals surface area contributed by atoms with E-state index < -0.39 is 0 Å². The molecular weight excluding hydrogens is 292 g/mol. The number of benzene rings is 1. The fourth-order valence-electron chi connectivity index (χ4n) is 3.67. The summed E-state index contributed by atoms with van der Waals surface area (Å²) in [5.41, 5.74) is 3.93. The van der Waals surface area contributed by atoms with Gasteiger partial charge in [0.25, 0.3) is 0 Å². The van der Waals surface area contributed by atoms with Gasteiger partial charge in [-0.2, -0.15) is 0 Å². The van der Waals surface area contributed by atoms with Gasteiger partial charge in [-0.05, 0) is 38.7 Å². The van der Waals surface area contributed by atoms with Crippen LogP contribution in [0.3, 0.4) is 0 Å². The van der Waals surface area contributed by atoms with Crippen LogP contribution in [0, 0.1) is 13.8 Å². The first-order valence-corrected chi connectivity index (χ1v) is 9.44. The lowest BCUT2D eigenvalue weighted by Crippen LogP contribution is -2.39. The SMILES string of the molecule is Cc1cc(C)cc(CSCC(=O)N2CC[C@@H]3CC[C@H](C2)N3)c1. The van der Waals surface area contributed by atoms with E-state index in [-0.39, 0.29) is 0 Å². The molecule has 2 fully saturated rings. The molecule has 1 N–H and O–H groups in total. The number of carbonyl (C=O) groups is 1. The van der Waals surface area contributed by atoms with Crippen molar-refractivity contribution in [3.8, 4) is 0 Å². The summed E-state index contributed by atoms with van der Waals surface area (Å²) >= 11 is 1.74. The van der Waals surface area contributed by atoms with E-state index >= 15 is 0 Å². The van der Waals surface area contributed by atoms with E-state index in [1.807, 2.05) is 0 Å². The number of nitrogens with one attached hydrogen (secondary N) is 1. The second-order valence-corrected chi connectivity index (χ2v) is 7.74. The fraction of sp³-hybridized carbons (Fsp3) is 0.611. The van der Waals surface area contributed by atoms with Crippen LogP contribution in [0.1, 0.15) is 36.0 Å². The number of thioether (sulfide) groups is 1. The van der Waals surface area contributed by atoms with Crippen LogP contribution in [-0.4, -0.2) is 41.7 Å². The van der Waals surface area contributed by atoms with Gasteiger partial charge in [0.15, 0.2) is 0 Å². The maximum absolute atomic E-state index is 12.4. The Morgan fingerprint density at radius 3 is 2.68 bits per heavy atom. The molecule has 2 aliphatic rings. The van der Waals surface area contributed by atoms with Crippen molar-refractivity contribution in [3.05, 3.63) is 34.9 Å². The molecule has 2 heterocycles. The number of aryl methyl sites for hydroxylation is 2. The normalized spacial score (nSPS) is 24.4. The highest BCUT2D eigenvalue weighted by molar-refractivity contribution is 7.99. The van der Waals surface area contributed by atoms with Gasteiger partial charge in [0.2, 0.25) is 5.91 Å². The average molecular weight is 318 g/mol. The highest BCUT2D eigenvalue weighted by atomic mass is 32.2. The number of nitrogens with zero attached hydrogens (tertiary/aromatic N) is 1. The molecule has 4 heteroatoms. The number of carbonyl (C=O) groups excluding carboxylic acids is 1. The summed E-state index contributed by atoms with van der Waals surface area (Å²) in [6.45, 7) is 6.09. The summed E-state index contributed by atoms with van der Waals surface area (Å²) in [4.78, 5) is 14.5. The van der Waals surface area contributed by atoms with Crippen molar-refractivity contribution < 1.29 is 4.79 Å². The minimum atomic E-state index is 0.309. The summed E-state index contributed by atoms with van der Waals surface area (Å²) < 4.78 is 0. The van der Waals surface area contributed by atoms with Crippen molar-refractivity contribution in [1.29, 1.82) is 0 Å². The third-order valence-corrected chi connectivity index (χ3v) is 5.64. The molecule has 1 amide bonds. The van der Waals surface area contributed by atoms with Crippen LogP contribution in [0.15, 0.2) is 18.2 Å². The van der Waals surface area contributed by atoms with Crippen molar-refractivity contribution in [1.82, 2.24) is 10.2 Å². The summed E-state index contributed by atoms with van der Waals surface area (Å²) in [5, 5.41) is 3.63. The van der Waals surface area contributed by atoms with Gasteiger partial charge in [-0.3, -0.25) is 4.79 Å². The van der Waals surface area contributed by atoms with E-state index in [4.69, 9.17) is 0 Å². The van der Waals surface area contributed by atoms with Crippen molar-refractivity contribution in [2.24, 2.45) is 0 Å². The van der Waals surface area contributed by atoms with E-state index in [1.54, 1.807) is 11.8 Å². The van der Waals surface area contributed by atoms with Gasteiger partial charge in [-0.25, -0.2) is 0 Å². The van der Waals surface area contributed by atoms with Gasteiger partial charge in [0, 0.05) is 30.9 Å². The Kier molecular flexibility index (Phi) is 5.09. The molecule has 2 bridgehead atoms. The second-order valence-electron chi connectivity index (χ2n) is 6.76. The first-order chi connectivity index (χ1) is 10.6. The highest BCUT2D eigenvalue weighted by Gasteiger charge is 2.30. The summed E-state index contributed by atoms with van der Waals surface area (Å²) in [6, 6.07) is 7.81. The maximum Gasteiger partial charge on any atom is 0.232 e. The number of fused-ring (bicyclic) bond motifs is 2. The zero-order chi connectivity index (χ0) is 15.5. The van der Waals surface area contributed by atoms with Crippen LogP contribution >= 0.6 is 11.8 Å². The molecule has 1 aromatic carbocycles. The molecule has 3 nitrogen and oxygen atoms in total. The van der Waals surface area contributed by atoms with E-state index in [2.05, 4.69) is 42.3 Å². The lowest BCUT2D eigenvalue weighted by molar-refractivity contribution is -0.128. The van der Waals surface area contributed by atoms with E-state index in [9.17, 15) is 4.79 Å². The van der Waals surface area contributed by atoms with Crippen molar-refractivity contribution in [3.63, 3.8) is 0 Å². The number of hydrogen-bond acceptors (Lipinski definition) is 3. The Morgan fingerprint density at radius 1 is 1.18 bits per heavy atom. The number of hydrogen-bond donors (Lipinski definition) is 1. The molecular formula is C18H26N2OS. The zero-order valence-electron chi connectivity index (χ0n) is 13.6. The topological polar surface area (TPSA) is 32.3 Å². The van der Waals surface area contributed by atoms with E-state index in [1.165, 1.54) is 29.5 Å². The largest absolute Gasteiger partial charge is 0.340 e. The molecule has 2 aliphatic heterocycles. The van der Waals surface area contributed by atoms with Crippen molar-refractivity contribution >= 4 is 17.7 Å². The first kappa shape index (κ1) is 15.9. The lowest BCUT2D eigenvalue weighted by atomic mass is 10.1. The van der Waals surface area contributed by atoms with E-state index in [0.29, 0.717) is 23.7 Å². The highest BCUT2D eigenvalue weighted by Crippen LogP contribution is 2.22. The predicted molar refractivity (Wildman–Crippen MR) is 93.2 cm³/mol. The monoisotopic (exact) mass is 318 g/mol. The van der Waals surface area contributed by atoms with Gasteiger partial charge in [-0.15, -0.1) is 11.8 Å². The van der Waals surface area contributed by atoms with Crippen LogP contribution in [0.4, 0.5) is 0 Å². The molecule has 120 valence electrons. The molecule has 0 spiro atoms. The fourth-order valence-corrected chi connectivity index (χ4v) is 4.53. The molecule has 0 saturated carbocycles. The average Bonchev–Trinajstić information content (AvgIpc) is 2.77. The van der Waals surface area contributed by atoms with E-state index in [0.717, 1.165) is 25.3 Å². The van der Waals surface area contributed by atoms with Crippen molar-refractivity contribution in [2.45, 2.75) is 50.9 Å². The summed E-state index contributed by atoms with van der Waals surface area (Å²) in [5.74, 6) is 1.83. The molecule has 2 saturated heterocycles. The summed E-state index contributed by atoms with van der Waals surface area (Å²) in [6.07, 6.45) is 3.63. The first-order valence-electron chi connectivity index (χ1n) is 8.29. The number of likely N-dealkylation sites (tertiary alicyclic amines) is 1. The molecule has 0 aromatic heterocycles. The second kappa shape index (κ2) is 7.05. The molecule has 2 atom stereocenters. The Hall–Kier alpha value is -1.00. The maximum atomic E-state index is 12.4. The molecule has 1 aromatic rings. The molecule has 0 radical (unpaired) electrons. The van der Waals surface area contributed by atoms with Crippen LogP contribution in [0.5, 0.6) is 0 Å². The Bertz CT molecular complexity index is 526. The molecule has 0 aliphatic carbocycles. The van der Waals surface area contributed by atoms with Gasteiger partial charge < -0.3 is 10.2 Å². The zero-order valence-corrected chi connectivity index (χ0v) is 14.4. The van der Waals surface area contributed by atoms with Crippen LogP contribution in [-0.2, 0) is 10.5 Å². The van der Waals surface area contributed by atoms with Gasteiger partial charge >= 0.3 is 0 Å². The van der Waals surface area contributed by atoms with Gasteiger partial charge in [-0.1, -0.05) is 29.3 Å². The molecule has 0 unspecified atom stereocenters. The molecule has 22 heavy (non-hydrogen) atoms. The third-order valence-electron chi connectivity index (χ3n) is 4.65. The lowest BCUT2D eigenvalue weighted by Gasteiger charge is -2.24. The Morgan fingerprint density at radius 2 is 1.91 bits per heavy atom. The van der Waals surface area contributed by atoms with Crippen LogP contribution in [0.2, 0.25) is 0 Å². The quantitative estimate of drug-likeness (QED) is 0.926. The minimum Gasteiger partial charge on any atom is -0.340 e. The molecule has 3 rings (SSSR count). The van der Waals surface area contributed by atoms with Crippen LogP contribution in [0.25, 0.3) is 0 Å². The summed E-state index contributed by atoms with van der Waals surface area (Å²) in [7, 11) is 0. The van der Waals surface area contributed by atoms with Gasteiger partial charge in [0.1, 0.15) is 0 Å². The minimum absolute atomic E-state index is 0.309. The Labute approximate surface area is 137 Å². The number of amides is 1. The van der Waals surface area contributed by atoms with Gasteiger partial charge in [0.05, 0.1) is 5.75 Å². The number of rotatable bonds is 4. The standard InChI is InChI=1S/C18H26N2OS/c1-13-7-14(2)9-15(8-13)11-22-12-18(21)20-6-5-16-3-4-17(10-20)19-16/h7-9,16-17,19H,3-6,10-12H2,1-2H3/t16-,17+/m0/s1. The Balaban J connectivity index is 1.47. The third kappa shape index (κ3) is 4.05. The smallest absolute Gasteiger partial charge is 0.232 e. The predicted octanol–water partition coefficient (Wildman–Crippen LogP) is 2.89. The van der Waals surface area contributed by atoms with Crippen LogP contribution < -0.4 is 5.32 Å². The van der Waals surface area contributed by atoms with Crippen molar-refractivity contribution in [2.75, 3.05) is 18.8 Å².